The highest BCUT2D eigenvalue weighted by Gasteiger charge is 2.09. The zero-order chi connectivity index (χ0) is 10.6. The van der Waals surface area contributed by atoms with E-state index in [1.54, 1.807) is 12.1 Å². The molecular weight excluding hydrogens is 176 g/mol. The van der Waals surface area contributed by atoms with Crippen molar-refractivity contribution < 1.29 is 5.11 Å². The van der Waals surface area contributed by atoms with Crippen molar-refractivity contribution in [3.05, 3.63) is 29.8 Å². The molecular formula is C11H18N2O. The molecule has 3 N–H and O–H groups in total. The summed E-state index contributed by atoms with van der Waals surface area (Å²) in [4.78, 5) is 2.10. The SMILES string of the molecule is CN(C)[C@H](CN)Cc1cccc(O)c1. The Morgan fingerprint density at radius 1 is 1.43 bits per heavy atom. The van der Waals surface area contributed by atoms with Gasteiger partial charge < -0.3 is 15.7 Å². The van der Waals surface area contributed by atoms with Crippen LogP contribution in [0.5, 0.6) is 5.75 Å². The first kappa shape index (κ1) is 11.0. The van der Waals surface area contributed by atoms with Crippen LogP contribution in [0.2, 0.25) is 0 Å². The molecule has 0 bridgehead atoms. The third kappa shape index (κ3) is 3.01. The monoisotopic (exact) mass is 194 g/mol. The zero-order valence-electron chi connectivity index (χ0n) is 8.77. The predicted octanol–water partition coefficient (Wildman–Crippen LogP) is 0.824. The van der Waals surface area contributed by atoms with Gasteiger partial charge >= 0.3 is 0 Å². The molecule has 14 heavy (non-hydrogen) atoms. The van der Waals surface area contributed by atoms with Crippen LogP contribution in [0, 0.1) is 0 Å². The summed E-state index contributed by atoms with van der Waals surface area (Å²) in [5.41, 5.74) is 6.78. The Morgan fingerprint density at radius 2 is 2.14 bits per heavy atom. The van der Waals surface area contributed by atoms with Gasteiger partial charge in [0.2, 0.25) is 0 Å². The maximum absolute atomic E-state index is 9.29. The van der Waals surface area contributed by atoms with Crippen LogP contribution in [-0.4, -0.2) is 36.7 Å². The van der Waals surface area contributed by atoms with E-state index >= 15 is 0 Å². The number of phenolic OH excluding ortho intramolecular Hbond substituents is 1. The lowest BCUT2D eigenvalue weighted by Gasteiger charge is -2.22. The normalized spacial score (nSPS) is 13.1. The Hall–Kier alpha value is -1.06. The molecule has 3 heteroatoms. The number of hydrogen-bond donors (Lipinski definition) is 2. The predicted molar refractivity (Wildman–Crippen MR) is 58.3 cm³/mol. The number of phenols is 1. The molecule has 0 unspecified atom stereocenters. The van der Waals surface area contributed by atoms with Gasteiger partial charge in [0.15, 0.2) is 0 Å². The number of nitrogens with two attached hydrogens (primary N) is 1. The van der Waals surface area contributed by atoms with Crippen molar-refractivity contribution in [2.45, 2.75) is 12.5 Å². The van der Waals surface area contributed by atoms with Crippen molar-refractivity contribution in [3.8, 4) is 5.75 Å². The highest BCUT2D eigenvalue weighted by molar-refractivity contribution is 5.27. The first-order chi connectivity index (χ1) is 6.63. The van der Waals surface area contributed by atoms with Gasteiger partial charge in [0.05, 0.1) is 0 Å². The van der Waals surface area contributed by atoms with Gasteiger partial charge in [-0.2, -0.15) is 0 Å². The number of rotatable bonds is 4. The van der Waals surface area contributed by atoms with Crippen LogP contribution in [0.3, 0.4) is 0 Å². The molecule has 0 heterocycles. The summed E-state index contributed by atoms with van der Waals surface area (Å²) in [5.74, 6) is 0.317. The molecule has 0 spiro atoms. The molecule has 1 aromatic rings. The van der Waals surface area contributed by atoms with Crippen LogP contribution in [0.15, 0.2) is 24.3 Å². The van der Waals surface area contributed by atoms with Gasteiger partial charge in [-0.05, 0) is 38.2 Å². The van der Waals surface area contributed by atoms with Crippen LogP contribution in [-0.2, 0) is 6.42 Å². The van der Waals surface area contributed by atoms with Gasteiger partial charge in [-0.25, -0.2) is 0 Å². The van der Waals surface area contributed by atoms with Gasteiger partial charge in [0.1, 0.15) is 5.75 Å². The van der Waals surface area contributed by atoms with E-state index in [1.165, 1.54) is 0 Å². The topological polar surface area (TPSA) is 49.5 Å². The number of benzene rings is 1. The van der Waals surface area contributed by atoms with E-state index in [4.69, 9.17) is 5.73 Å². The van der Waals surface area contributed by atoms with E-state index in [0.29, 0.717) is 18.3 Å². The van der Waals surface area contributed by atoms with E-state index in [9.17, 15) is 5.11 Å². The molecule has 1 rings (SSSR count). The van der Waals surface area contributed by atoms with E-state index in [1.807, 2.05) is 26.2 Å². The van der Waals surface area contributed by atoms with Gasteiger partial charge in [0, 0.05) is 12.6 Å². The second-order valence-corrected chi connectivity index (χ2v) is 3.73. The Bertz CT molecular complexity index is 286. The summed E-state index contributed by atoms with van der Waals surface area (Å²) in [6, 6.07) is 7.65. The number of nitrogens with zero attached hydrogens (tertiary/aromatic N) is 1. The number of aromatic hydroxyl groups is 1. The zero-order valence-corrected chi connectivity index (χ0v) is 8.77. The summed E-state index contributed by atoms with van der Waals surface area (Å²) in [6.07, 6.45) is 0.873. The van der Waals surface area contributed by atoms with E-state index < -0.39 is 0 Å². The van der Waals surface area contributed by atoms with Crippen LogP contribution in [0.4, 0.5) is 0 Å². The molecule has 0 aromatic heterocycles. The van der Waals surface area contributed by atoms with Crippen molar-refractivity contribution >= 4 is 0 Å². The first-order valence-corrected chi connectivity index (χ1v) is 4.78. The number of likely N-dealkylation sites (N-methyl/N-ethyl adjacent to an activating group) is 1. The van der Waals surface area contributed by atoms with Gasteiger partial charge in [-0.1, -0.05) is 12.1 Å². The Kier molecular flexibility index (Phi) is 3.92. The Balaban J connectivity index is 2.67. The fourth-order valence-electron chi connectivity index (χ4n) is 1.43. The van der Waals surface area contributed by atoms with Gasteiger partial charge in [-0.3, -0.25) is 0 Å². The largest absolute Gasteiger partial charge is 0.508 e. The molecule has 0 saturated heterocycles. The average molecular weight is 194 g/mol. The fraction of sp³-hybridized carbons (Fsp3) is 0.455. The molecule has 0 aliphatic carbocycles. The minimum atomic E-state index is 0.317. The van der Waals surface area contributed by atoms with Crippen molar-refractivity contribution in [1.82, 2.24) is 4.90 Å². The van der Waals surface area contributed by atoms with Gasteiger partial charge in [0.25, 0.3) is 0 Å². The molecule has 0 amide bonds. The van der Waals surface area contributed by atoms with Gasteiger partial charge in [-0.15, -0.1) is 0 Å². The summed E-state index contributed by atoms with van der Waals surface area (Å²) in [6.45, 7) is 0.628. The highest BCUT2D eigenvalue weighted by atomic mass is 16.3. The van der Waals surface area contributed by atoms with Crippen molar-refractivity contribution in [2.75, 3.05) is 20.6 Å². The summed E-state index contributed by atoms with van der Waals surface area (Å²) in [7, 11) is 4.03. The van der Waals surface area contributed by atoms with E-state index in [0.717, 1.165) is 12.0 Å². The molecule has 0 aliphatic rings. The molecule has 78 valence electrons. The number of hydrogen-bond acceptors (Lipinski definition) is 3. The maximum Gasteiger partial charge on any atom is 0.115 e. The molecule has 0 fully saturated rings. The van der Waals surface area contributed by atoms with Crippen LogP contribution >= 0.6 is 0 Å². The first-order valence-electron chi connectivity index (χ1n) is 4.78. The van der Waals surface area contributed by atoms with Crippen molar-refractivity contribution in [2.24, 2.45) is 5.73 Å². The summed E-state index contributed by atoms with van der Waals surface area (Å²) >= 11 is 0. The molecule has 1 atom stereocenters. The average Bonchev–Trinajstić information content (AvgIpc) is 2.14. The second-order valence-electron chi connectivity index (χ2n) is 3.73. The second kappa shape index (κ2) is 4.98. The third-order valence-corrected chi connectivity index (χ3v) is 2.38. The van der Waals surface area contributed by atoms with E-state index in [2.05, 4.69) is 4.90 Å². The lowest BCUT2D eigenvalue weighted by Crippen LogP contribution is -2.36. The van der Waals surface area contributed by atoms with Crippen LogP contribution in [0.1, 0.15) is 5.56 Å². The molecule has 0 aliphatic heterocycles. The smallest absolute Gasteiger partial charge is 0.115 e. The Labute approximate surface area is 85.2 Å². The van der Waals surface area contributed by atoms with E-state index in [-0.39, 0.29) is 0 Å². The van der Waals surface area contributed by atoms with Crippen molar-refractivity contribution in [1.29, 1.82) is 0 Å². The molecule has 1 aromatic carbocycles. The molecule has 0 saturated carbocycles. The highest BCUT2D eigenvalue weighted by Crippen LogP contribution is 2.13. The fourth-order valence-corrected chi connectivity index (χ4v) is 1.43. The minimum Gasteiger partial charge on any atom is -0.508 e. The summed E-state index contributed by atoms with van der Waals surface area (Å²) in [5, 5.41) is 9.29. The lowest BCUT2D eigenvalue weighted by molar-refractivity contribution is 0.297. The quantitative estimate of drug-likeness (QED) is 0.746. The van der Waals surface area contributed by atoms with Crippen LogP contribution in [0.25, 0.3) is 0 Å². The Morgan fingerprint density at radius 3 is 2.64 bits per heavy atom. The standard InChI is InChI=1S/C11H18N2O/c1-13(2)10(8-12)6-9-4-3-5-11(14)7-9/h3-5,7,10,14H,6,8,12H2,1-2H3/t10-/m0/s1. The molecule has 3 nitrogen and oxygen atoms in total. The lowest BCUT2D eigenvalue weighted by atomic mass is 10.1. The minimum absolute atomic E-state index is 0.317. The van der Waals surface area contributed by atoms with Crippen molar-refractivity contribution in [3.63, 3.8) is 0 Å². The van der Waals surface area contributed by atoms with Crippen LogP contribution < -0.4 is 5.73 Å². The maximum atomic E-state index is 9.29. The third-order valence-electron chi connectivity index (χ3n) is 2.38. The summed E-state index contributed by atoms with van der Waals surface area (Å²) < 4.78 is 0. The molecule has 0 radical (unpaired) electrons.